The Balaban J connectivity index is 2.05. The van der Waals surface area contributed by atoms with Crippen molar-refractivity contribution < 1.29 is 4.79 Å². The first-order valence-corrected chi connectivity index (χ1v) is 7.44. The third kappa shape index (κ3) is 3.20. The highest BCUT2D eigenvalue weighted by Crippen LogP contribution is 2.24. The number of anilines is 1. The molecule has 92 valence electrons. The van der Waals surface area contributed by atoms with Crippen LogP contribution < -0.4 is 10.6 Å². The number of halogens is 2. The van der Waals surface area contributed by atoms with Gasteiger partial charge in [0.25, 0.3) is 0 Å². The highest BCUT2D eigenvalue weighted by atomic mass is 127. The fourth-order valence-corrected chi connectivity index (χ4v) is 2.79. The summed E-state index contributed by atoms with van der Waals surface area (Å²) in [6, 6.07) is 6.10. The summed E-state index contributed by atoms with van der Waals surface area (Å²) in [4.78, 5) is 12.1. The van der Waals surface area contributed by atoms with Crippen LogP contribution >= 0.6 is 38.5 Å². The van der Waals surface area contributed by atoms with Crippen molar-refractivity contribution in [2.45, 2.75) is 19.4 Å². The first kappa shape index (κ1) is 13.3. The van der Waals surface area contributed by atoms with Crippen LogP contribution in [0.1, 0.15) is 13.3 Å². The molecule has 0 aliphatic carbocycles. The van der Waals surface area contributed by atoms with Crippen LogP contribution in [0.3, 0.4) is 0 Å². The van der Waals surface area contributed by atoms with Crippen molar-refractivity contribution in [3.8, 4) is 0 Å². The number of carbonyl (C=O) groups excluding carboxylic acids is 1. The Bertz CT molecular complexity index is 439. The molecule has 17 heavy (non-hydrogen) atoms. The molecule has 3 nitrogen and oxygen atoms in total. The average molecular weight is 409 g/mol. The Kier molecular flexibility index (Phi) is 4.43. The van der Waals surface area contributed by atoms with Gasteiger partial charge < -0.3 is 10.6 Å². The minimum absolute atomic E-state index is 0.0799. The Labute approximate surface area is 123 Å². The van der Waals surface area contributed by atoms with Crippen LogP contribution in [0, 0.1) is 9.49 Å². The summed E-state index contributed by atoms with van der Waals surface area (Å²) in [6.45, 7) is 2.99. The van der Waals surface area contributed by atoms with Gasteiger partial charge in [-0.3, -0.25) is 4.79 Å². The number of hydrogen-bond donors (Lipinski definition) is 2. The topological polar surface area (TPSA) is 41.1 Å². The minimum Gasteiger partial charge on any atom is -0.326 e. The molecule has 1 amide bonds. The molecule has 1 aromatic rings. The predicted octanol–water partition coefficient (Wildman–Crippen LogP) is 2.99. The van der Waals surface area contributed by atoms with E-state index in [-0.39, 0.29) is 17.9 Å². The summed E-state index contributed by atoms with van der Waals surface area (Å²) in [6.07, 6.45) is 0.917. The molecule has 1 aromatic carbocycles. The van der Waals surface area contributed by atoms with E-state index in [1.165, 1.54) is 0 Å². The zero-order valence-electron chi connectivity index (χ0n) is 9.47. The molecule has 1 fully saturated rings. The fraction of sp³-hybridized carbons (Fsp3) is 0.417. The Morgan fingerprint density at radius 3 is 2.94 bits per heavy atom. The quantitative estimate of drug-likeness (QED) is 0.738. The van der Waals surface area contributed by atoms with E-state index >= 15 is 0 Å². The molecule has 1 aliphatic heterocycles. The van der Waals surface area contributed by atoms with Crippen LogP contribution in [-0.2, 0) is 4.79 Å². The number of nitrogens with one attached hydrogen (secondary N) is 2. The Morgan fingerprint density at radius 1 is 1.59 bits per heavy atom. The first-order chi connectivity index (χ1) is 8.08. The highest BCUT2D eigenvalue weighted by molar-refractivity contribution is 14.1. The summed E-state index contributed by atoms with van der Waals surface area (Å²) in [5, 5.41) is 6.26. The van der Waals surface area contributed by atoms with E-state index in [1.807, 2.05) is 18.2 Å². The van der Waals surface area contributed by atoms with Crippen LogP contribution in [0.2, 0.25) is 0 Å². The maximum atomic E-state index is 12.1. The molecule has 5 heteroatoms. The highest BCUT2D eigenvalue weighted by Gasteiger charge is 2.29. The number of benzene rings is 1. The third-order valence-corrected chi connectivity index (χ3v) is 5.37. The van der Waals surface area contributed by atoms with Gasteiger partial charge in [0.05, 0.1) is 5.92 Å². The lowest BCUT2D eigenvalue weighted by atomic mass is 10.0. The lowest BCUT2D eigenvalue weighted by Crippen LogP contribution is -2.32. The molecule has 0 radical (unpaired) electrons. The van der Waals surface area contributed by atoms with E-state index in [0.717, 1.165) is 26.7 Å². The maximum Gasteiger partial charge on any atom is 0.229 e. The van der Waals surface area contributed by atoms with Crippen molar-refractivity contribution in [2.24, 2.45) is 5.92 Å². The molecule has 0 spiro atoms. The lowest BCUT2D eigenvalue weighted by Gasteiger charge is -2.15. The van der Waals surface area contributed by atoms with Crippen molar-refractivity contribution in [3.05, 3.63) is 26.2 Å². The van der Waals surface area contributed by atoms with Crippen molar-refractivity contribution >= 4 is 50.1 Å². The molecule has 2 unspecified atom stereocenters. The SMILES string of the molecule is CC1NCCC1C(=O)Nc1ccc(Br)c(I)c1. The van der Waals surface area contributed by atoms with Gasteiger partial charge in [-0.05, 0) is 76.6 Å². The molecule has 0 bridgehead atoms. The standard InChI is InChI=1S/C12H14BrIN2O/c1-7-9(4-5-15-7)12(17)16-8-2-3-10(13)11(14)6-8/h2-3,6-7,9,15H,4-5H2,1H3,(H,16,17). The van der Waals surface area contributed by atoms with E-state index in [2.05, 4.69) is 56.1 Å². The second-order valence-electron chi connectivity index (χ2n) is 4.26. The second kappa shape index (κ2) is 5.67. The summed E-state index contributed by atoms with van der Waals surface area (Å²) in [5.41, 5.74) is 0.863. The van der Waals surface area contributed by atoms with E-state index in [0.29, 0.717) is 0 Å². The van der Waals surface area contributed by atoms with Gasteiger partial charge in [0, 0.05) is 19.8 Å². The van der Waals surface area contributed by atoms with Gasteiger partial charge in [0.15, 0.2) is 0 Å². The lowest BCUT2D eigenvalue weighted by molar-refractivity contribution is -0.119. The molecule has 2 N–H and O–H groups in total. The van der Waals surface area contributed by atoms with Crippen molar-refractivity contribution in [1.82, 2.24) is 5.32 Å². The smallest absolute Gasteiger partial charge is 0.229 e. The zero-order valence-corrected chi connectivity index (χ0v) is 13.2. The van der Waals surface area contributed by atoms with Crippen molar-refractivity contribution in [1.29, 1.82) is 0 Å². The van der Waals surface area contributed by atoms with Crippen LogP contribution in [0.25, 0.3) is 0 Å². The largest absolute Gasteiger partial charge is 0.326 e. The zero-order chi connectivity index (χ0) is 12.4. The molecule has 0 aromatic heterocycles. The molecular formula is C12H14BrIN2O. The monoisotopic (exact) mass is 408 g/mol. The van der Waals surface area contributed by atoms with Crippen LogP contribution in [-0.4, -0.2) is 18.5 Å². The molecule has 2 atom stereocenters. The van der Waals surface area contributed by atoms with Crippen LogP contribution in [0.4, 0.5) is 5.69 Å². The van der Waals surface area contributed by atoms with E-state index < -0.39 is 0 Å². The van der Waals surface area contributed by atoms with Crippen LogP contribution in [0.15, 0.2) is 22.7 Å². The average Bonchev–Trinajstić information content (AvgIpc) is 2.70. The number of amides is 1. The van der Waals surface area contributed by atoms with E-state index in [4.69, 9.17) is 0 Å². The molecular weight excluding hydrogens is 395 g/mol. The van der Waals surface area contributed by atoms with E-state index in [1.54, 1.807) is 0 Å². The van der Waals surface area contributed by atoms with Gasteiger partial charge in [-0.25, -0.2) is 0 Å². The number of rotatable bonds is 2. The van der Waals surface area contributed by atoms with Gasteiger partial charge >= 0.3 is 0 Å². The van der Waals surface area contributed by atoms with Crippen molar-refractivity contribution in [2.75, 3.05) is 11.9 Å². The van der Waals surface area contributed by atoms with Gasteiger partial charge in [-0.1, -0.05) is 0 Å². The maximum absolute atomic E-state index is 12.1. The number of carbonyl (C=O) groups is 1. The normalized spacial score (nSPS) is 23.7. The minimum atomic E-state index is 0.0799. The predicted molar refractivity (Wildman–Crippen MR) is 81.1 cm³/mol. The van der Waals surface area contributed by atoms with Crippen LogP contribution in [0.5, 0.6) is 0 Å². The van der Waals surface area contributed by atoms with Gasteiger partial charge in [0.1, 0.15) is 0 Å². The molecule has 2 rings (SSSR count). The molecule has 0 saturated carbocycles. The number of hydrogen-bond acceptors (Lipinski definition) is 2. The molecule has 1 saturated heterocycles. The molecule has 1 heterocycles. The first-order valence-electron chi connectivity index (χ1n) is 5.57. The van der Waals surface area contributed by atoms with Gasteiger partial charge in [0.2, 0.25) is 5.91 Å². The van der Waals surface area contributed by atoms with Crippen molar-refractivity contribution in [3.63, 3.8) is 0 Å². The van der Waals surface area contributed by atoms with Gasteiger partial charge in [-0.15, -0.1) is 0 Å². The second-order valence-corrected chi connectivity index (χ2v) is 6.27. The third-order valence-electron chi connectivity index (χ3n) is 3.05. The summed E-state index contributed by atoms with van der Waals surface area (Å²) in [5.74, 6) is 0.192. The van der Waals surface area contributed by atoms with E-state index in [9.17, 15) is 4.79 Å². The Hall–Kier alpha value is -0.140. The fourth-order valence-electron chi connectivity index (χ4n) is 2.03. The Morgan fingerprint density at radius 2 is 2.35 bits per heavy atom. The summed E-state index contributed by atoms with van der Waals surface area (Å²) >= 11 is 5.68. The van der Waals surface area contributed by atoms with Gasteiger partial charge in [-0.2, -0.15) is 0 Å². The summed E-state index contributed by atoms with van der Waals surface area (Å²) in [7, 11) is 0. The molecule has 1 aliphatic rings. The summed E-state index contributed by atoms with van der Waals surface area (Å²) < 4.78 is 2.14.